The molecule has 37 heavy (non-hydrogen) atoms. The molecule has 4 rings (SSSR count). The first kappa shape index (κ1) is 26.7. The van der Waals surface area contributed by atoms with E-state index < -0.39 is 23.4 Å². The molecule has 2 aromatic rings. The van der Waals surface area contributed by atoms with Gasteiger partial charge in [-0.2, -0.15) is 4.98 Å². The molecule has 0 saturated carbocycles. The summed E-state index contributed by atoms with van der Waals surface area (Å²) in [5, 5.41) is 2.65. The Hall–Kier alpha value is -3.32. The van der Waals surface area contributed by atoms with Crippen molar-refractivity contribution >= 4 is 17.8 Å². The van der Waals surface area contributed by atoms with Gasteiger partial charge >= 0.3 is 11.7 Å². The fourth-order valence-corrected chi connectivity index (χ4v) is 4.61. The molecular formula is C25H37N9O3. The summed E-state index contributed by atoms with van der Waals surface area (Å²) in [6, 6.07) is 9.21. The van der Waals surface area contributed by atoms with Crippen molar-refractivity contribution in [2.75, 3.05) is 38.0 Å². The summed E-state index contributed by atoms with van der Waals surface area (Å²) >= 11 is 0. The van der Waals surface area contributed by atoms with Gasteiger partial charge in [-0.05, 0) is 63.5 Å². The summed E-state index contributed by atoms with van der Waals surface area (Å²) in [6.07, 6.45) is 2.93. The molecule has 2 fully saturated rings. The third kappa shape index (κ3) is 6.52. The van der Waals surface area contributed by atoms with E-state index >= 15 is 0 Å². The number of urea groups is 1. The third-order valence-electron chi connectivity index (χ3n) is 6.81. The lowest BCUT2D eigenvalue weighted by Crippen LogP contribution is -2.65. The van der Waals surface area contributed by atoms with Crippen LogP contribution in [0.5, 0.6) is 0 Å². The number of nitrogens with two attached hydrogens (primary N) is 3. The second-order valence-electron chi connectivity index (χ2n) is 10.4. The van der Waals surface area contributed by atoms with Gasteiger partial charge in [0, 0.05) is 31.9 Å². The number of carbonyl (C=O) groups excluding carboxylic acids is 2. The van der Waals surface area contributed by atoms with E-state index in [2.05, 4.69) is 15.2 Å². The van der Waals surface area contributed by atoms with E-state index in [0.717, 1.165) is 32.5 Å². The van der Waals surface area contributed by atoms with Gasteiger partial charge in [-0.1, -0.05) is 12.1 Å². The lowest BCUT2D eigenvalue weighted by Gasteiger charge is -2.41. The summed E-state index contributed by atoms with van der Waals surface area (Å²) in [5.74, 6) is -0.129. The highest BCUT2D eigenvalue weighted by Gasteiger charge is 2.35. The van der Waals surface area contributed by atoms with E-state index in [9.17, 15) is 14.4 Å². The van der Waals surface area contributed by atoms with E-state index in [1.165, 1.54) is 19.9 Å². The molecule has 2 aliphatic rings. The van der Waals surface area contributed by atoms with Crippen LogP contribution in [0.4, 0.5) is 10.6 Å². The lowest BCUT2D eigenvalue weighted by molar-refractivity contribution is -0.140. The zero-order chi connectivity index (χ0) is 26.7. The van der Waals surface area contributed by atoms with Crippen molar-refractivity contribution < 1.29 is 9.59 Å². The number of aromatic nitrogens is 2. The van der Waals surface area contributed by atoms with E-state index in [1.54, 1.807) is 26.1 Å². The number of piperazine rings is 1. The molecule has 7 N–H and O–H groups in total. The number of piperidine rings is 1. The second kappa shape index (κ2) is 11.0. The van der Waals surface area contributed by atoms with Gasteiger partial charge in [-0.3, -0.25) is 19.6 Å². The largest absolute Gasteiger partial charge is 0.354 e. The number of nitrogens with one attached hydrogen (secondary N) is 1. The molecule has 1 aromatic carbocycles. The molecule has 0 aliphatic carbocycles. The van der Waals surface area contributed by atoms with Crippen molar-refractivity contribution in [3.05, 3.63) is 52.6 Å². The van der Waals surface area contributed by atoms with Crippen LogP contribution in [-0.2, 0) is 11.3 Å². The highest BCUT2D eigenvalue weighted by molar-refractivity contribution is 5.89. The third-order valence-corrected chi connectivity index (χ3v) is 6.81. The standard InChI is InChI=1S/C25H37N9O3/c1-25(2,28)22(35)34-14-13-32(16-20(34)27)23(36)29-21-9-12-33(24(37)30-21)19-5-3-17(4-6-19)15-31-10-7-18(26)8-11-31/h3-6,9,12,18,20H,7-8,10-11,13-16,26-28H2,1-2H3,(H,29,30,36,37)/t20-/m0/s1. The molecule has 3 heterocycles. The summed E-state index contributed by atoms with van der Waals surface area (Å²) in [5.41, 5.74) is 18.3. The topological polar surface area (TPSA) is 169 Å². The predicted molar refractivity (Wildman–Crippen MR) is 141 cm³/mol. The first-order valence-corrected chi connectivity index (χ1v) is 12.6. The molecule has 3 amide bonds. The molecule has 1 aromatic heterocycles. The Bertz CT molecular complexity index is 1170. The summed E-state index contributed by atoms with van der Waals surface area (Å²) in [4.78, 5) is 47.2. The zero-order valence-electron chi connectivity index (χ0n) is 21.5. The van der Waals surface area contributed by atoms with Gasteiger partial charge in [0.25, 0.3) is 0 Å². The van der Waals surface area contributed by atoms with Gasteiger partial charge in [0.2, 0.25) is 5.91 Å². The van der Waals surface area contributed by atoms with Crippen LogP contribution in [0.2, 0.25) is 0 Å². The highest BCUT2D eigenvalue weighted by Crippen LogP contribution is 2.16. The average Bonchev–Trinajstić information content (AvgIpc) is 2.85. The summed E-state index contributed by atoms with van der Waals surface area (Å²) in [6.45, 7) is 6.77. The maximum Gasteiger partial charge on any atom is 0.354 e. The minimum atomic E-state index is -1.04. The van der Waals surface area contributed by atoms with E-state index in [4.69, 9.17) is 17.2 Å². The Morgan fingerprint density at radius 2 is 1.73 bits per heavy atom. The monoisotopic (exact) mass is 511 g/mol. The summed E-state index contributed by atoms with van der Waals surface area (Å²) in [7, 11) is 0. The van der Waals surface area contributed by atoms with Gasteiger partial charge < -0.3 is 27.0 Å². The first-order chi connectivity index (χ1) is 17.5. The fourth-order valence-electron chi connectivity index (χ4n) is 4.61. The Morgan fingerprint density at radius 1 is 1.05 bits per heavy atom. The number of hydrogen-bond acceptors (Lipinski definition) is 8. The summed E-state index contributed by atoms with van der Waals surface area (Å²) < 4.78 is 1.42. The smallest absolute Gasteiger partial charge is 0.328 e. The van der Waals surface area contributed by atoms with Gasteiger partial charge in [-0.15, -0.1) is 0 Å². The number of rotatable bonds is 5. The lowest BCUT2D eigenvalue weighted by atomic mass is 10.0. The average molecular weight is 512 g/mol. The zero-order valence-corrected chi connectivity index (χ0v) is 21.5. The maximum absolute atomic E-state index is 12.7. The highest BCUT2D eigenvalue weighted by atomic mass is 16.2. The van der Waals surface area contributed by atoms with Crippen molar-refractivity contribution in [1.82, 2.24) is 24.3 Å². The van der Waals surface area contributed by atoms with Gasteiger partial charge in [0.05, 0.1) is 23.9 Å². The molecule has 2 saturated heterocycles. The molecule has 1 atom stereocenters. The molecule has 12 heteroatoms. The number of benzene rings is 1. The number of carbonyl (C=O) groups is 2. The molecular weight excluding hydrogens is 474 g/mol. The minimum absolute atomic E-state index is 0.140. The maximum atomic E-state index is 12.7. The Morgan fingerprint density at radius 3 is 2.32 bits per heavy atom. The second-order valence-corrected chi connectivity index (χ2v) is 10.4. The van der Waals surface area contributed by atoms with Crippen LogP contribution in [-0.4, -0.2) is 86.7 Å². The van der Waals surface area contributed by atoms with Gasteiger partial charge in [-0.25, -0.2) is 9.59 Å². The number of nitrogens with zero attached hydrogens (tertiary/aromatic N) is 5. The number of amides is 3. The van der Waals surface area contributed by atoms with Crippen molar-refractivity contribution in [3.8, 4) is 5.69 Å². The first-order valence-electron chi connectivity index (χ1n) is 12.6. The number of likely N-dealkylation sites (tertiary alicyclic amines) is 1. The molecule has 200 valence electrons. The fraction of sp³-hybridized carbons (Fsp3) is 0.520. The normalized spacial score (nSPS) is 19.6. The van der Waals surface area contributed by atoms with Gasteiger partial charge in [0.15, 0.2) is 0 Å². The van der Waals surface area contributed by atoms with Crippen LogP contribution >= 0.6 is 0 Å². The number of anilines is 1. The Kier molecular flexibility index (Phi) is 7.93. The molecule has 12 nitrogen and oxygen atoms in total. The minimum Gasteiger partial charge on any atom is -0.328 e. The molecule has 0 spiro atoms. The van der Waals surface area contributed by atoms with Crippen molar-refractivity contribution in [2.45, 2.75) is 51.0 Å². The van der Waals surface area contributed by atoms with Crippen LogP contribution in [0, 0.1) is 0 Å². The van der Waals surface area contributed by atoms with Crippen molar-refractivity contribution in [2.24, 2.45) is 17.2 Å². The van der Waals surface area contributed by atoms with Crippen molar-refractivity contribution in [3.63, 3.8) is 0 Å². The predicted octanol–water partition coefficient (Wildman–Crippen LogP) is -0.146. The number of hydrogen-bond donors (Lipinski definition) is 4. The quantitative estimate of drug-likeness (QED) is 0.430. The molecule has 0 bridgehead atoms. The van der Waals surface area contributed by atoms with Crippen LogP contribution in [0.25, 0.3) is 5.69 Å². The Labute approximate surface area is 216 Å². The Balaban J connectivity index is 1.34. The molecule has 0 radical (unpaired) electrons. The van der Waals surface area contributed by atoms with Crippen molar-refractivity contribution in [1.29, 1.82) is 0 Å². The van der Waals surface area contributed by atoms with E-state index in [0.29, 0.717) is 11.7 Å². The molecule has 2 aliphatic heterocycles. The molecule has 0 unspecified atom stereocenters. The van der Waals surface area contributed by atoms with Crippen LogP contribution in [0.1, 0.15) is 32.3 Å². The van der Waals surface area contributed by atoms with E-state index in [-0.39, 0.29) is 31.4 Å². The van der Waals surface area contributed by atoms with E-state index in [1.807, 2.05) is 24.3 Å². The van der Waals surface area contributed by atoms with Crippen LogP contribution in [0.15, 0.2) is 41.3 Å². The van der Waals surface area contributed by atoms with Crippen LogP contribution < -0.4 is 28.2 Å². The SMILES string of the molecule is CC(C)(N)C(=O)N1CCN(C(=O)Nc2ccn(-c3ccc(CN4CCC(N)CC4)cc3)c(=O)n2)C[C@H]1N. The van der Waals surface area contributed by atoms with Crippen LogP contribution in [0.3, 0.4) is 0 Å². The van der Waals surface area contributed by atoms with Gasteiger partial charge in [0.1, 0.15) is 5.82 Å².